The molecule has 0 bridgehead atoms. The van der Waals surface area contributed by atoms with Gasteiger partial charge in [-0.15, -0.1) is 0 Å². The molecule has 112 valence electrons. The molecule has 0 spiro atoms. The predicted molar refractivity (Wildman–Crippen MR) is 81.7 cm³/mol. The molecule has 0 saturated carbocycles. The summed E-state index contributed by atoms with van der Waals surface area (Å²) in [5, 5.41) is 14.7. The average molecular weight is 277 g/mol. The van der Waals surface area contributed by atoms with Gasteiger partial charge in [0.05, 0.1) is 5.60 Å². The molecule has 1 aromatic rings. The Balaban J connectivity index is 2.09. The molecule has 0 amide bonds. The van der Waals surface area contributed by atoms with Gasteiger partial charge in [-0.05, 0) is 44.7 Å². The Labute approximate surface area is 122 Å². The molecule has 1 fully saturated rings. The van der Waals surface area contributed by atoms with Gasteiger partial charge in [-0.3, -0.25) is 0 Å². The van der Waals surface area contributed by atoms with Gasteiger partial charge in [0.2, 0.25) is 0 Å². The summed E-state index contributed by atoms with van der Waals surface area (Å²) in [7, 11) is 0. The Bertz CT molecular complexity index is 376. The standard InChI is InChI=1S/C17H27NO2/c1-2-20-13-7-11-17(19,15-8-4-3-5-9-15)16-10-6-12-18-14-16/h3-5,8-9,16,18-19H,2,6-7,10-14H2,1H3/t16?,17-/m1/s1. The van der Waals surface area contributed by atoms with Crippen LogP contribution in [0.4, 0.5) is 0 Å². The molecule has 2 rings (SSSR count). The van der Waals surface area contributed by atoms with Crippen LogP contribution in [0.25, 0.3) is 0 Å². The van der Waals surface area contributed by atoms with Gasteiger partial charge >= 0.3 is 0 Å². The molecule has 2 atom stereocenters. The maximum absolute atomic E-state index is 11.3. The quantitative estimate of drug-likeness (QED) is 0.753. The van der Waals surface area contributed by atoms with E-state index in [1.165, 1.54) is 0 Å². The molecular weight excluding hydrogens is 250 g/mol. The smallest absolute Gasteiger partial charge is 0.0937 e. The zero-order valence-corrected chi connectivity index (χ0v) is 12.5. The lowest BCUT2D eigenvalue weighted by atomic mass is 9.75. The molecule has 1 aliphatic heterocycles. The van der Waals surface area contributed by atoms with Gasteiger partial charge in [0.1, 0.15) is 0 Å². The van der Waals surface area contributed by atoms with Crippen LogP contribution >= 0.6 is 0 Å². The van der Waals surface area contributed by atoms with E-state index >= 15 is 0 Å². The number of benzene rings is 1. The van der Waals surface area contributed by atoms with Crippen LogP contribution in [-0.4, -0.2) is 31.4 Å². The van der Waals surface area contributed by atoms with Crippen LogP contribution in [0.2, 0.25) is 0 Å². The van der Waals surface area contributed by atoms with Crippen molar-refractivity contribution >= 4 is 0 Å². The lowest BCUT2D eigenvalue weighted by Crippen LogP contribution is -2.44. The van der Waals surface area contributed by atoms with Gasteiger partial charge in [-0.2, -0.15) is 0 Å². The van der Waals surface area contributed by atoms with Crippen LogP contribution in [0.1, 0.15) is 38.2 Å². The number of hydrogen-bond donors (Lipinski definition) is 2. The highest BCUT2D eigenvalue weighted by molar-refractivity contribution is 5.23. The summed E-state index contributed by atoms with van der Waals surface area (Å²) in [6.45, 7) is 5.45. The van der Waals surface area contributed by atoms with Crippen molar-refractivity contribution in [1.29, 1.82) is 0 Å². The van der Waals surface area contributed by atoms with Crippen molar-refractivity contribution in [3.05, 3.63) is 35.9 Å². The van der Waals surface area contributed by atoms with Crippen LogP contribution in [0, 0.1) is 5.92 Å². The van der Waals surface area contributed by atoms with Crippen LogP contribution in [-0.2, 0) is 10.3 Å². The summed E-state index contributed by atoms with van der Waals surface area (Å²) in [5.41, 5.74) is 0.316. The van der Waals surface area contributed by atoms with Crippen molar-refractivity contribution in [3.63, 3.8) is 0 Å². The molecule has 1 aliphatic rings. The Kier molecular flexibility index (Phi) is 6.02. The maximum Gasteiger partial charge on any atom is 0.0937 e. The zero-order chi connectivity index (χ0) is 14.3. The van der Waals surface area contributed by atoms with E-state index in [2.05, 4.69) is 17.4 Å². The Hall–Kier alpha value is -0.900. The summed E-state index contributed by atoms with van der Waals surface area (Å²) in [4.78, 5) is 0. The highest BCUT2D eigenvalue weighted by atomic mass is 16.5. The monoisotopic (exact) mass is 277 g/mol. The first kappa shape index (κ1) is 15.5. The Morgan fingerprint density at radius 2 is 2.15 bits per heavy atom. The third-order valence-corrected chi connectivity index (χ3v) is 4.30. The Morgan fingerprint density at radius 1 is 1.35 bits per heavy atom. The van der Waals surface area contributed by atoms with E-state index in [0.717, 1.165) is 57.6 Å². The van der Waals surface area contributed by atoms with Gasteiger partial charge in [-0.25, -0.2) is 0 Å². The molecule has 0 aromatic heterocycles. The van der Waals surface area contributed by atoms with E-state index in [-0.39, 0.29) is 0 Å². The minimum Gasteiger partial charge on any atom is -0.385 e. The van der Waals surface area contributed by atoms with E-state index in [0.29, 0.717) is 5.92 Å². The van der Waals surface area contributed by atoms with Crippen molar-refractivity contribution in [2.24, 2.45) is 5.92 Å². The minimum absolute atomic E-state index is 0.292. The average Bonchev–Trinajstić information content (AvgIpc) is 2.53. The van der Waals surface area contributed by atoms with Crippen molar-refractivity contribution in [3.8, 4) is 0 Å². The molecule has 1 saturated heterocycles. The highest BCUT2D eigenvalue weighted by Gasteiger charge is 2.38. The van der Waals surface area contributed by atoms with Crippen molar-refractivity contribution in [1.82, 2.24) is 5.32 Å². The molecule has 0 radical (unpaired) electrons. The number of hydrogen-bond acceptors (Lipinski definition) is 3. The van der Waals surface area contributed by atoms with E-state index in [4.69, 9.17) is 4.74 Å². The fourth-order valence-corrected chi connectivity index (χ4v) is 3.16. The normalized spacial score (nSPS) is 22.4. The first-order valence-electron chi connectivity index (χ1n) is 7.83. The van der Waals surface area contributed by atoms with Crippen molar-refractivity contribution in [2.75, 3.05) is 26.3 Å². The van der Waals surface area contributed by atoms with Gasteiger partial charge in [0, 0.05) is 25.7 Å². The van der Waals surface area contributed by atoms with Gasteiger partial charge < -0.3 is 15.2 Å². The van der Waals surface area contributed by atoms with Crippen LogP contribution < -0.4 is 5.32 Å². The fourth-order valence-electron chi connectivity index (χ4n) is 3.16. The molecule has 20 heavy (non-hydrogen) atoms. The molecule has 0 aliphatic carbocycles. The second-order valence-corrected chi connectivity index (χ2v) is 5.63. The summed E-state index contributed by atoms with van der Waals surface area (Å²) in [6, 6.07) is 10.1. The molecular formula is C17H27NO2. The van der Waals surface area contributed by atoms with E-state index in [1.54, 1.807) is 0 Å². The number of ether oxygens (including phenoxy) is 1. The molecule has 2 N–H and O–H groups in total. The van der Waals surface area contributed by atoms with Crippen LogP contribution in [0.15, 0.2) is 30.3 Å². The zero-order valence-electron chi connectivity index (χ0n) is 12.5. The SMILES string of the molecule is CCOCCC[C@@](O)(c1ccccc1)C1CCCNC1. The first-order valence-corrected chi connectivity index (χ1v) is 7.83. The third kappa shape index (κ3) is 3.81. The van der Waals surface area contributed by atoms with Crippen molar-refractivity contribution in [2.45, 2.75) is 38.2 Å². The number of nitrogens with one attached hydrogen (secondary N) is 1. The van der Waals surface area contributed by atoms with E-state index < -0.39 is 5.60 Å². The lowest BCUT2D eigenvalue weighted by molar-refractivity contribution is -0.0468. The highest BCUT2D eigenvalue weighted by Crippen LogP contribution is 2.37. The fraction of sp³-hybridized carbons (Fsp3) is 0.647. The third-order valence-electron chi connectivity index (χ3n) is 4.30. The second kappa shape index (κ2) is 7.77. The number of piperidine rings is 1. The summed E-state index contributed by atoms with van der Waals surface area (Å²) < 4.78 is 5.43. The van der Waals surface area contributed by atoms with Crippen LogP contribution in [0.3, 0.4) is 0 Å². The van der Waals surface area contributed by atoms with Crippen LogP contribution in [0.5, 0.6) is 0 Å². The summed E-state index contributed by atoms with van der Waals surface area (Å²) in [5.74, 6) is 0.292. The largest absolute Gasteiger partial charge is 0.385 e. The number of rotatable bonds is 7. The topological polar surface area (TPSA) is 41.5 Å². The molecule has 1 unspecified atom stereocenters. The van der Waals surface area contributed by atoms with Gasteiger partial charge in [0.25, 0.3) is 0 Å². The maximum atomic E-state index is 11.3. The molecule has 3 nitrogen and oxygen atoms in total. The number of aliphatic hydroxyl groups is 1. The van der Waals surface area contributed by atoms with E-state index in [9.17, 15) is 5.11 Å². The van der Waals surface area contributed by atoms with Crippen molar-refractivity contribution < 1.29 is 9.84 Å². The van der Waals surface area contributed by atoms with Gasteiger partial charge in [0.15, 0.2) is 0 Å². The molecule has 1 heterocycles. The molecule has 3 heteroatoms. The predicted octanol–water partition coefficient (Wildman–Crippen LogP) is 2.69. The Morgan fingerprint density at radius 3 is 2.80 bits per heavy atom. The second-order valence-electron chi connectivity index (χ2n) is 5.63. The molecule has 1 aromatic carbocycles. The summed E-state index contributed by atoms with van der Waals surface area (Å²) >= 11 is 0. The minimum atomic E-state index is -0.730. The lowest BCUT2D eigenvalue weighted by Gasteiger charge is -2.39. The first-order chi connectivity index (χ1) is 9.77. The summed E-state index contributed by atoms with van der Waals surface area (Å²) in [6.07, 6.45) is 3.90. The van der Waals surface area contributed by atoms with E-state index in [1.807, 2.05) is 25.1 Å². The van der Waals surface area contributed by atoms with Gasteiger partial charge in [-0.1, -0.05) is 30.3 Å².